The molecule has 0 aromatic heterocycles. The topological polar surface area (TPSA) is 62.2 Å². The van der Waals surface area contributed by atoms with Gasteiger partial charge in [0.15, 0.2) is 0 Å². The molecule has 6 rings (SSSR count). The number of carboxylic acid groups (broad SMARTS) is 1. The number of hydrogen-bond donors (Lipinski definition) is 1. The van der Waals surface area contributed by atoms with Gasteiger partial charge in [-0.2, -0.15) is 0 Å². The van der Waals surface area contributed by atoms with E-state index in [1.54, 1.807) is 12.1 Å². The summed E-state index contributed by atoms with van der Waals surface area (Å²) < 4.78 is 27.0. The summed E-state index contributed by atoms with van der Waals surface area (Å²) in [5.41, 5.74) is 5.86. The van der Waals surface area contributed by atoms with Gasteiger partial charge in [0, 0.05) is 31.7 Å². The highest BCUT2D eigenvalue weighted by molar-refractivity contribution is 6.42. The van der Waals surface area contributed by atoms with Crippen LogP contribution in [0.4, 0.5) is 4.39 Å². The highest BCUT2D eigenvalue weighted by Gasteiger charge is 2.33. The highest BCUT2D eigenvalue weighted by Crippen LogP contribution is 2.37. The molecule has 240 valence electrons. The average molecular weight is 664 g/mol. The second-order valence-electron chi connectivity index (χ2n) is 12.0. The van der Waals surface area contributed by atoms with Crippen LogP contribution in [0.1, 0.15) is 65.9 Å². The van der Waals surface area contributed by atoms with Crippen molar-refractivity contribution in [3.63, 3.8) is 0 Å². The zero-order chi connectivity index (χ0) is 32.4. The molecule has 0 saturated carbocycles. The van der Waals surface area contributed by atoms with E-state index in [9.17, 15) is 14.3 Å². The van der Waals surface area contributed by atoms with E-state index in [1.165, 1.54) is 12.1 Å². The summed E-state index contributed by atoms with van der Waals surface area (Å²) in [5.74, 6) is 0.357. The summed E-state index contributed by atoms with van der Waals surface area (Å²) >= 11 is 12.4. The number of rotatable bonds is 9. The lowest BCUT2D eigenvalue weighted by Gasteiger charge is -2.35. The van der Waals surface area contributed by atoms with E-state index >= 15 is 0 Å². The molecule has 9 heteroatoms. The normalized spacial score (nSPS) is 19.0. The van der Waals surface area contributed by atoms with Crippen LogP contribution in [0.2, 0.25) is 10.0 Å². The minimum Gasteiger partial charge on any atom is -0.486 e. The maximum Gasteiger partial charge on any atom is 0.321 e. The molecule has 0 unspecified atom stereocenters. The predicted molar refractivity (Wildman–Crippen MR) is 178 cm³/mol. The summed E-state index contributed by atoms with van der Waals surface area (Å²) in [6, 6.07) is 23.5. The molecular formula is C37H37Cl2FN2O4. The van der Waals surface area contributed by atoms with Crippen LogP contribution in [-0.4, -0.2) is 40.0 Å². The molecule has 0 amide bonds. The first-order chi connectivity index (χ1) is 22.2. The lowest BCUT2D eigenvalue weighted by Crippen LogP contribution is -2.45. The Kier molecular flexibility index (Phi) is 9.85. The number of hydrogen-bond acceptors (Lipinski definition) is 5. The van der Waals surface area contributed by atoms with Gasteiger partial charge in [0.1, 0.15) is 35.6 Å². The zero-order valence-electron chi connectivity index (χ0n) is 25.9. The Balaban J connectivity index is 1.23. The summed E-state index contributed by atoms with van der Waals surface area (Å²) in [6.07, 6.45) is 0.782. The van der Waals surface area contributed by atoms with Gasteiger partial charge in [0.2, 0.25) is 0 Å². The Morgan fingerprint density at radius 2 is 1.78 bits per heavy atom. The monoisotopic (exact) mass is 662 g/mol. The van der Waals surface area contributed by atoms with Crippen LogP contribution in [0.3, 0.4) is 0 Å². The van der Waals surface area contributed by atoms with Gasteiger partial charge in [-0.3, -0.25) is 14.6 Å². The molecule has 4 aromatic carbocycles. The molecule has 0 aliphatic carbocycles. The van der Waals surface area contributed by atoms with Crippen molar-refractivity contribution >= 4 is 29.2 Å². The van der Waals surface area contributed by atoms with Crippen molar-refractivity contribution in [1.82, 2.24) is 9.80 Å². The van der Waals surface area contributed by atoms with Gasteiger partial charge in [0.25, 0.3) is 0 Å². The predicted octanol–water partition coefficient (Wildman–Crippen LogP) is 8.63. The summed E-state index contributed by atoms with van der Waals surface area (Å²) in [7, 11) is 0. The van der Waals surface area contributed by atoms with Crippen LogP contribution in [0.25, 0.3) is 0 Å². The lowest BCUT2D eigenvalue weighted by molar-refractivity contribution is -0.144. The molecule has 2 heterocycles. The lowest BCUT2D eigenvalue weighted by atomic mass is 9.91. The van der Waals surface area contributed by atoms with Gasteiger partial charge < -0.3 is 14.6 Å². The Labute approximate surface area is 279 Å². The number of nitrogens with zero attached hydrogens (tertiary/aromatic N) is 2. The molecule has 0 fully saturated rings. The Morgan fingerprint density at radius 1 is 0.978 bits per heavy atom. The smallest absolute Gasteiger partial charge is 0.321 e. The van der Waals surface area contributed by atoms with Gasteiger partial charge in [-0.25, -0.2) is 4.39 Å². The number of carboxylic acids is 1. The third kappa shape index (κ3) is 7.18. The number of likely N-dealkylation sites (N-methyl/N-ethyl adjacent to an activating group) is 1. The molecule has 0 saturated heterocycles. The fourth-order valence-corrected chi connectivity index (χ4v) is 6.71. The van der Waals surface area contributed by atoms with Gasteiger partial charge in [-0.05, 0) is 89.7 Å². The summed E-state index contributed by atoms with van der Waals surface area (Å²) in [6.45, 7) is 7.25. The molecule has 0 radical (unpaired) electrons. The number of ether oxygens (including phenoxy) is 2. The van der Waals surface area contributed by atoms with E-state index < -0.39 is 12.0 Å². The van der Waals surface area contributed by atoms with Crippen molar-refractivity contribution < 1.29 is 23.8 Å². The fraction of sp³-hybridized carbons (Fsp3) is 0.324. The van der Waals surface area contributed by atoms with Crippen LogP contribution < -0.4 is 9.47 Å². The highest BCUT2D eigenvalue weighted by atomic mass is 35.5. The van der Waals surface area contributed by atoms with Crippen LogP contribution >= 0.6 is 23.2 Å². The molecule has 0 bridgehead atoms. The first-order valence-corrected chi connectivity index (χ1v) is 16.4. The van der Waals surface area contributed by atoms with E-state index in [4.69, 9.17) is 32.7 Å². The first kappa shape index (κ1) is 32.3. The van der Waals surface area contributed by atoms with Crippen LogP contribution in [-0.2, 0) is 30.8 Å². The third-order valence-corrected chi connectivity index (χ3v) is 9.66. The summed E-state index contributed by atoms with van der Waals surface area (Å²) in [5, 5.41) is 11.1. The van der Waals surface area contributed by atoms with E-state index in [0.717, 1.165) is 57.8 Å². The van der Waals surface area contributed by atoms with Crippen molar-refractivity contribution in [2.45, 2.75) is 64.6 Å². The number of fused-ring (bicyclic) bond motifs is 2. The van der Waals surface area contributed by atoms with Crippen molar-refractivity contribution in [1.29, 1.82) is 0 Å². The summed E-state index contributed by atoms with van der Waals surface area (Å²) in [4.78, 5) is 16.6. The molecule has 0 spiro atoms. The second kappa shape index (κ2) is 14.0. The fourth-order valence-electron chi connectivity index (χ4n) is 6.40. The van der Waals surface area contributed by atoms with Gasteiger partial charge in [-0.1, -0.05) is 73.4 Å². The number of benzene rings is 4. The average Bonchev–Trinajstić information content (AvgIpc) is 3.22. The van der Waals surface area contributed by atoms with Crippen molar-refractivity contribution in [2.24, 2.45) is 0 Å². The minimum absolute atomic E-state index is 0.162. The minimum atomic E-state index is -0.877. The zero-order valence-corrected chi connectivity index (χ0v) is 27.4. The first-order valence-electron chi connectivity index (χ1n) is 15.7. The van der Waals surface area contributed by atoms with Crippen molar-refractivity contribution in [3.8, 4) is 11.5 Å². The standard InChI is InChI=1S/C37H37Cl2FN2O4/c1-3-34(25-10-13-31(38)32(39)16-25)45-30-11-8-24(9-12-30)36-22-41(4-2)20-28-15-26-17-33(37(43)44)42(21-27(26)18-35(28)46-36)19-23-6-5-7-29(40)14-23/h5-16,18,33-34,36H,3-4,17,19-22H2,1-2H3,(H,43,44)/t33-,34+,36+/m0/s1. The Bertz CT molecular complexity index is 1720. The molecule has 46 heavy (non-hydrogen) atoms. The van der Waals surface area contributed by atoms with E-state index in [-0.39, 0.29) is 18.0 Å². The Hall–Kier alpha value is -3.62. The maximum absolute atomic E-state index is 13.9. The molecule has 2 aliphatic rings. The molecule has 1 N–H and O–H groups in total. The van der Waals surface area contributed by atoms with Crippen molar-refractivity contribution in [2.75, 3.05) is 13.1 Å². The maximum atomic E-state index is 13.9. The van der Waals surface area contributed by atoms with Gasteiger partial charge in [0.05, 0.1) is 10.0 Å². The molecule has 2 aliphatic heterocycles. The second-order valence-corrected chi connectivity index (χ2v) is 12.8. The van der Waals surface area contributed by atoms with Crippen molar-refractivity contribution in [3.05, 3.63) is 128 Å². The van der Waals surface area contributed by atoms with E-state index in [1.807, 2.05) is 35.2 Å². The van der Waals surface area contributed by atoms with E-state index in [2.05, 4.69) is 43.0 Å². The quantitative estimate of drug-likeness (QED) is 0.194. The number of halogens is 3. The van der Waals surface area contributed by atoms with Gasteiger partial charge in [-0.15, -0.1) is 0 Å². The molecular weight excluding hydrogens is 626 g/mol. The number of carbonyl (C=O) groups is 1. The molecule has 6 nitrogen and oxygen atoms in total. The van der Waals surface area contributed by atoms with E-state index in [0.29, 0.717) is 42.6 Å². The van der Waals surface area contributed by atoms with Crippen LogP contribution in [0.15, 0.2) is 78.9 Å². The molecule has 4 aromatic rings. The van der Waals surface area contributed by atoms with Gasteiger partial charge >= 0.3 is 5.97 Å². The number of aliphatic carboxylic acids is 1. The van der Waals surface area contributed by atoms with Crippen LogP contribution in [0.5, 0.6) is 11.5 Å². The SMILES string of the molecule is CC[C@@H](Oc1ccc([C@H]2CN(CC)Cc3cc4c(cc3O2)CN(Cc2cccc(F)c2)[C@H](C(=O)O)C4)cc1)c1ccc(Cl)c(Cl)c1. The molecule has 3 atom stereocenters. The largest absolute Gasteiger partial charge is 0.486 e. The third-order valence-electron chi connectivity index (χ3n) is 8.92. The van der Waals surface area contributed by atoms with Crippen LogP contribution in [0, 0.1) is 5.82 Å². The Morgan fingerprint density at radius 3 is 2.48 bits per heavy atom.